The van der Waals surface area contributed by atoms with Gasteiger partial charge in [0.2, 0.25) is 6.79 Å². The summed E-state index contributed by atoms with van der Waals surface area (Å²) in [7, 11) is 1.53. The molecule has 2 N–H and O–H groups in total. The lowest BCUT2D eigenvalue weighted by molar-refractivity contribution is -0.137. The summed E-state index contributed by atoms with van der Waals surface area (Å²) in [4.78, 5) is 24.3. The Balaban J connectivity index is 1.61. The van der Waals surface area contributed by atoms with Gasteiger partial charge in [0, 0.05) is 23.9 Å². The first-order chi connectivity index (χ1) is 12.9. The van der Waals surface area contributed by atoms with Gasteiger partial charge in [0.15, 0.2) is 11.5 Å². The Bertz CT molecular complexity index is 873. The zero-order valence-corrected chi connectivity index (χ0v) is 15.6. The number of ether oxygens (including phenoxy) is 3. The van der Waals surface area contributed by atoms with Gasteiger partial charge in [-0.15, -0.1) is 0 Å². The average molecular weight is 391 g/mol. The van der Waals surface area contributed by atoms with Gasteiger partial charge in [-0.1, -0.05) is 23.7 Å². The number of hydrogen-bond donors (Lipinski definition) is 2. The monoisotopic (exact) mass is 390 g/mol. The fourth-order valence-corrected chi connectivity index (χ4v) is 2.79. The van der Waals surface area contributed by atoms with Crippen molar-refractivity contribution in [1.82, 2.24) is 5.32 Å². The molecule has 3 rings (SSSR count). The molecule has 142 valence electrons. The zero-order chi connectivity index (χ0) is 19.4. The largest absolute Gasteiger partial charge is 0.454 e. The van der Waals surface area contributed by atoms with Crippen LogP contribution in [0.2, 0.25) is 5.02 Å². The standard InChI is InChI=1S/C19H19ClN2O5/c1-19(25-2,12-4-3-5-13(20)8-12)10-21-17(23)18(24)22-14-6-7-15-16(9-14)27-11-26-15/h3-9H,10-11H2,1-2H3,(H,21,23)(H,22,24)/t19-/m1/s1. The molecule has 2 aromatic rings. The van der Waals surface area contributed by atoms with Crippen molar-refractivity contribution in [3.63, 3.8) is 0 Å². The summed E-state index contributed by atoms with van der Waals surface area (Å²) >= 11 is 6.03. The van der Waals surface area contributed by atoms with Gasteiger partial charge >= 0.3 is 11.8 Å². The Morgan fingerprint density at radius 1 is 1.15 bits per heavy atom. The van der Waals surface area contributed by atoms with E-state index < -0.39 is 17.4 Å². The maximum absolute atomic E-state index is 12.2. The molecule has 2 amide bonds. The van der Waals surface area contributed by atoms with Crippen LogP contribution in [0, 0.1) is 0 Å². The fraction of sp³-hybridized carbons (Fsp3) is 0.263. The van der Waals surface area contributed by atoms with Crippen molar-refractivity contribution in [2.24, 2.45) is 0 Å². The van der Waals surface area contributed by atoms with Crippen molar-refractivity contribution in [2.75, 3.05) is 25.8 Å². The molecule has 27 heavy (non-hydrogen) atoms. The number of benzene rings is 2. The highest BCUT2D eigenvalue weighted by molar-refractivity contribution is 6.39. The van der Waals surface area contributed by atoms with Gasteiger partial charge in [0.05, 0.1) is 6.54 Å². The normalized spacial score (nSPS) is 14.3. The third-order valence-electron chi connectivity index (χ3n) is 4.31. The first-order valence-corrected chi connectivity index (χ1v) is 8.59. The summed E-state index contributed by atoms with van der Waals surface area (Å²) < 4.78 is 16.0. The van der Waals surface area contributed by atoms with E-state index in [1.807, 2.05) is 6.07 Å². The minimum absolute atomic E-state index is 0.0945. The van der Waals surface area contributed by atoms with Crippen LogP contribution < -0.4 is 20.1 Å². The van der Waals surface area contributed by atoms with Gasteiger partial charge in [-0.25, -0.2) is 0 Å². The van der Waals surface area contributed by atoms with E-state index in [1.165, 1.54) is 7.11 Å². The van der Waals surface area contributed by atoms with Crippen LogP contribution in [0.25, 0.3) is 0 Å². The van der Waals surface area contributed by atoms with Crippen molar-refractivity contribution >= 4 is 29.1 Å². The lowest BCUT2D eigenvalue weighted by Gasteiger charge is -2.29. The Morgan fingerprint density at radius 2 is 1.93 bits per heavy atom. The van der Waals surface area contributed by atoms with Gasteiger partial charge in [0.25, 0.3) is 0 Å². The van der Waals surface area contributed by atoms with E-state index >= 15 is 0 Å². The molecule has 0 aromatic heterocycles. The summed E-state index contributed by atoms with van der Waals surface area (Å²) in [6.45, 7) is 2.03. The highest BCUT2D eigenvalue weighted by Crippen LogP contribution is 2.34. The molecule has 0 unspecified atom stereocenters. The molecule has 0 saturated heterocycles. The molecular weight excluding hydrogens is 372 g/mol. The van der Waals surface area contributed by atoms with Gasteiger partial charge < -0.3 is 24.8 Å². The topological polar surface area (TPSA) is 85.9 Å². The van der Waals surface area contributed by atoms with Crippen molar-refractivity contribution in [1.29, 1.82) is 0 Å². The number of hydrogen-bond acceptors (Lipinski definition) is 5. The van der Waals surface area contributed by atoms with Gasteiger partial charge in [-0.2, -0.15) is 0 Å². The quantitative estimate of drug-likeness (QED) is 0.766. The highest BCUT2D eigenvalue weighted by atomic mass is 35.5. The zero-order valence-electron chi connectivity index (χ0n) is 14.9. The first kappa shape index (κ1) is 19.0. The minimum atomic E-state index is -0.834. The Kier molecular flexibility index (Phi) is 5.53. The Labute approximate surface area is 161 Å². The second-order valence-electron chi connectivity index (χ2n) is 6.15. The minimum Gasteiger partial charge on any atom is -0.454 e. The number of rotatable bonds is 5. The van der Waals surface area contributed by atoms with Crippen LogP contribution in [0.15, 0.2) is 42.5 Å². The van der Waals surface area contributed by atoms with Gasteiger partial charge in [0.1, 0.15) is 5.60 Å². The molecule has 0 saturated carbocycles. The molecule has 2 aromatic carbocycles. The average Bonchev–Trinajstić information content (AvgIpc) is 3.13. The van der Waals surface area contributed by atoms with E-state index in [1.54, 1.807) is 43.3 Å². The molecule has 0 radical (unpaired) electrons. The number of methoxy groups -OCH3 is 1. The molecule has 0 spiro atoms. The van der Waals surface area contributed by atoms with Crippen molar-refractivity contribution in [2.45, 2.75) is 12.5 Å². The second kappa shape index (κ2) is 7.85. The molecule has 0 bridgehead atoms. The molecule has 0 fully saturated rings. The van der Waals surface area contributed by atoms with E-state index in [2.05, 4.69) is 10.6 Å². The summed E-state index contributed by atoms with van der Waals surface area (Å²) in [5, 5.41) is 5.67. The van der Waals surface area contributed by atoms with Crippen molar-refractivity contribution in [3.05, 3.63) is 53.1 Å². The highest BCUT2D eigenvalue weighted by Gasteiger charge is 2.28. The number of halogens is 1. The fourth-order valence-electron chi connectivity index (χ4n) is 2.60. The number of fused-ring (bicyclic) bond motifs is 1. The van der Waals surface area contributed by atoms with Crippen LogP contribution >= 0.6 is 11.6 Å². The van der Waals surface area contributed by atoms with E-state index in [4.69, 9.17) is 25.8 Å². The van der Waals surface area contributed by atoms with E-state index in [0.29, 0.717) is 22.2 Å². The third kappa shape index (κ3) is 4.32. The van der Waals surface area contributed by atoms with Crippen molar-refractivity contribution in [3.8, 4) is 11.5 Å². The number of nitrogens with one attached hydrogen (secondary N) is 2. The van der Waals surface area contributed by atoms with E-state index in [9.17, 15) is 9.59 Å². The van der Waals surface area contributed by atoms with Crippen LogP contribution in [-0.2, 0) is 19.9 Å². The molecule has 1 atom stereocenters. The summed E-state index contributed by atoms with van der Waals surface area (Å²) in [6, 6.07) is 12.0. The number of amides is 2. The van der Waals surface area contributed by atoms with Gasteiger partial charge in [-0.05, 0) is 36.8 Å². The molecule has 1 heterocycles. The first-order valence-electron chi connectivity index (χ1n) is 8.21. The third-order valence-corrected chi connectivity index (χ3v) is 4.54. The predicted octanol–water partition coefficient (Wildman–Crippen LogP) is 2.69. The van der Waals surface area contributed by atoms with E-state index in [0.717, 1.165) is 5.56 Å². The maximum atomic E-state index is 12.2. The van der Waals surface area contributed by atoms with Crippen LogP contribution in [0.5, 0.6) is 11.5 Å². The molecule has 7 nitrogen and oxygen atoms in total. The number of carbonyl (C=O) groups excluding carboxylic acids is 2. The lowest BCUT2D eigenvalue weighted by Crippen LogP contribution is -2.44. The van der Waals surface area contributed by atoms with Crippen LogP contribution in [0.1, 0.15) is 12.5 Å². The summed E-state index contributed by atoms with van der Waals surface area (Å²) in [6.07, 6.45) is 0. The second-order valence-corrected chi connectivity index (χ2v) is 6.59. The van der Waals surface area contributed by atoms with E-state index in [-0.39, 0.29) is 13.3 Å². The van der Waals surface area contributed by atoms with Gasteiger partial charge in [-0.3, -0.25) is 9.59 Å². The van der Waals surface area contributed by atoms with Crippen molar-refractivity contribution < 1.29 is 23.8 Å². The predicted molar refractivity (Wildman–Crippen MR) is 100 cm³/mol. The lowest BCUT2D eigenvalue weighted by atomic mass is 9.95. The number of carbonyl (C=O) groups is 2. The SMILES string of the molecule is CO[C@](C)(CNC(=O)C(=O)Nc1ccc2c(c1)OCO2)c1cccc(Cl)c1. The molecular formula is C19H19ClN2O5. The Hall–Kier alpha value is -2.77. The number of anilines is 1. The summed E-state index contributed by atoms with van der Waals surface area (Å²) in [5.41, 5.74) is 0.386. The van der Waals surface area contributed by atoms with Crippen LogP contribution in [0.3, 0.4) is 0 Å². The van der Waals surface area contributed by atoms with Crippen LogP contribution in [-0.4, -0.2) is 32.3 Å². The molecule has 0 aliphatic carbocycles. The maximum Gasteiger partial charge on any atom is 0.313 e. The Morgan fingerprint density at radius 3 is 2.67 bits per heavy atom. The molecule has 1 aliphatic heterocycles. The molecule has 8 heteroatoms. The smallest absolute Gasteiger partial charge is 0.313 e. The summed E-state index contributed by atoms with van der Waals surface area (Å²) in [5.74, 6) is -0.465. The van der Waals surface area contributed by atoms with Crippen LogP contribution in [0.4, 0.5) is 5.69 Å². The molecule has 1 aliphatic rings.